The Morgan fingerprint density at radius 1 is 1.23 bits per heavy atom. The number of fused-ring (bicyclic) bond motifs is 1. The SMILES string of the molecule is CC1(C)B(O)C(c2ccc3cnn(C4CCCCO4)c3c2)C(O)C1(C)C. The van der Waals surface area contributed by atoms with Crippen LogP contribution in [0.5, 0.6) is 0 Å². The van der Waals surface area contributed by atoms with E-state index < -0.39 is 13.0 Å². The third-order valence-corrected chi connectivity index (χ3v) is 7.26. The third-order valence-electron chi connectivity index (χ3n) is 7.26. The largest absolute Gasteiger partial charge is 0.449 e. The molecule has 3 unspecified atom stereocenters. The third kappa shape index (κ3) is 2.46. The van der Waals surface area contributed by atoms with E-state index in [4.69, 9.17) is 4.74 Å². The van der Waals surface area contributed by atoms with Gasteiger partial charge in [-0.3, -0.25) is 0 Å². The van der Waals surface area contributed by atoms with Gasteiger partial charge in [-0.1, -0.05) is 39.8 Å². The monoisotopic (exact) mass is 356 g/mol. The van der Waals surface area contributed by atoms with Gasteiger partial charge in [0.15, 0.2) is 6.23 Å². The van der Waals surface area contributed by atoms with Crippen LogP contribution < -0.4 is 0 Å². The summed E-state index contributed by atoms with van der Waals surface area (Å²) >= 11 is 0. The van der Waals surface area contributed by atoms with Gasteiger partial charge in [0.25, 0.3) is 0 Å². The molecule has 1 aromatic carbocycles. The zero-order valence-corrected chi connectivity index (χ0v) is 16.1. The molecule has 2 N–H and O–H groups in total. The molecule has 0 aliphatic carbocycles. The normalized spacial score (nSPS) is 30.8. The number of hydrogen-bond donors (Lipinski definition) is 2. The van der Waals surface area contributed by atoms with E-state index in [9.17, 15) is 10.1 Å². The molecule has 2 fully saturated rings. The predicted octanol–water partition coefficient (Wildman–Crippen LogP) is 3.52. The van der Waals surface area contributed by atoms with Gasteiger partial charge >= 0.3 is 6.92 Å². The molecule has 2 aromatic rings. The maximum Gasteiger partial charge on any atom is 0.305 e. The van der Waals surface area contributed by atoms with Crippen LogP contribution in [0.1, 0.15) is 64.6 Å². The van der Waals surface area contributed by atoms with Gasteiger partial charge in [0, 0.05) is 17.8 Å². The topological polar surface area (TPSA) is 67.5 Å². The van der Waals surface area contributed by atoms with Crippen molar-refractivity contribution in [3.05, 3.63) is 30.0 Å². The molecule has 0 saturated carbocycles. The van der Waals surface area contributed by atoms with Gasteiger partial charge in [0.2, 0.25) is 0 Å². The molecular formula is C20H29BN2O3. The number of ether oxygens (including phenoxy) is 1. The minimum absolute atomic E-state index is 0.0252. The average Bonchev–Trinajstić information content (AvgIpc) is 3.09. The van der Waals surface area contributed by atoms with E-state index in [-0.39, 0.29) is 22.8 Å². The molecule has 2 aliphatic heterocycles. The lowest BCUT2D eigenvalue weighted by atomic mass is 9.41. The van der Waals surface area contributed by atoms with Crippen molar-refractivity contribution < 1.29 is 14.9 Å². The van der Waals surface area contributed by atoms with Crippen molar-refractivity contribution in [1.29, 1.82) is 0 Å². The van der Waals surface area contributed by atoms with Crippen molar-refractivity contribution in [2.24, 2.45) is 5.41 Å². The zero-order chi connectivity index (χ0) is 18.7. The van der Waals surface area contributed by atoms with Gasteiger partial charge < -0.3 is 14.9 Å². The lowest BCUT2D eigenvalue weighted by Gasteiger charge is -2.37. The second kappa shape index (κ2) is 6.08. The van der Waals surface area contributed by atoms with E-state index in [0.717, 1.165) is 42.3 Å². The van der Waals surface area contributed by atoms with E-state index in [1.807, 2.05) is 50.7 Å². The number of hydrogen-bond acceptors (Lipinski definition) is 4. The van der Waals surface area contributed by atoms with Crippen LogP contribution in [-0.2, 0) is 4.74 Å². The van der Waals surface area contributed by atoms with E-state index in [1.54, 1.807) is 0 Å². The van der Waals surface area contributed by atoms with E-state index in [0.29, 0.717) is 0 Å². The minimum Gasteiger partial charge on any atom is -0.449 e. The minimum atomic E-state index is -0.604. The Balaban J connectivity index is 1.76. The summed E-state index contributed by atoms with van der Waals surface area (Å²) in [6.07, 6.45) is 4.46. The molecular weight excluding hydrogens is 327 g/mol. The van der Waals surface area contributed by atoms with Crippen LogP contribution in [0.25, 0.3) is 10.9 Å². The summed E-state index contributed by atoms with van der Waals surface area (Å²) in [5.74, 6) is -0.306. The Morgan fingerprint density at radius 3 is 2.62 bits per heavy atom. The van der Waals surface area contributed by atoms with E-state index in [1.165, 1.54) is 0 Å². The number of aromatic nitrogens is 2. The summed E-state index contributed by atoms with van der Waals surface area (Å²) in [5.41, 5.74) is 1.60. The van der Waals surface area contributed by atoms with Gasteiger partial charge in [-0.15, -0.1) is 0 Å². The molecule has 3 heterocycles. The maximum atomic E-state index is 11.0. The van der Waals surface area contributed by atoms with Crippen LogP contribution in [0.2, 0.25) is 5.31 Å². The van der Waals surface area contributed by atoms with Crippen LogP contribution in [0.4, 0.5) is 0 Å². The molecule has 5 nitrogen and oxygen atoms in total. The number of nitrogens with zero attached hydrogens (tertiary/aromatic N) is 2. The fraction of sp³-hybridized carbons (Fsp3) is 0.650. The van der Waals surface area contributed by atoms with Gasteiger partial charge in [0.1, 0.15) is 0 Å². The van der Waals surface area contributed by atoms with Crippen LogP contribution in [0.3, 0.4) is 0 Å². The molecule has 0 amide bonds. The zero-order valence-electron chi connectivity index (χ0n) is 16.1. The van der Waals surface area contributed by atoms with Crippen LogP contribution in [0, 0.1) is 5.41 Å². The summed E-state index contributed by atoms with van der Waals surface area (Å²) in [4.78, 5) is 0. The quantitative estimate of drug-likeness (QED) is 0.808. The first-order chi connectivity index (χ1) is 12.2. The summed E-state index contributed by atoms with van der Waals surface area (Å²) in [7, 11) is 0. The summed E-state index contributed by atoms with van der Waals surface area (Å²) in [5, 5.41) is 27.3. The molecule has 1 aromatic heterocycles. The van der Waals surface area contributed by atoms with Crippen molar-refractivity contribution >= 4 is 17.8 Å². The summed E-state index contributed by atoms with van der Waals surface area (Å²) in [6, 6.07) is 6.13. The number of rotatable bonds is 2. The first-order valence-corrected chi connectivity index (χ1v) is 9.70. The highest BCUT2D eigenvalue weighted by Crippen LogP contribution is 2.60. The smallest absolute Gasteiger partial charge is 0.305 e. The molecule has 2 saturated heterocycles. The van der Waals surface area contributed by atoms with Crippen molar-refractivity contribution in [3.63, 3.8) is 0 Å². The number of aliphatic hydroxyl groups is 1. The highest BCUT2D eigenvalue weighted by molar-refractivity contribution is 6.57. The van der Waals surface area contributed by atoms with Gasteiger partial charge in [0.05, 0.1) is 17.8 Å². The molecule has 0 spiro atoms. The molecule has 0 radical (unpaired) electrons. The first-order valence-electron chi connectivity index (χ1n) is 9.70. The lowest BCUT2D eigenvalue weighted by molar-refractivity contribution is -0.0366. The van der Waals surface area contributed by atoms with Crippen LogP contribution in [-0.4, -0.2) is 39.5 Å². The summed E-state index contributed by atoms with van der Waals surface area (Å²) in [6.45, 7) is 8.33. The van der Waals surface area contributed by atoms with Crippen molar-refractivity contribution in [3.8, 4) is 0 Å². The Bertz CT molecular complexity index is 790. The Morgan fingerprint density at radius 2 is 2.00 bits per heavy atom. The fourth-order valence-corrected chi connectivity index (χ4v) is 4.61. The molecule has 2 aliphatic rings. The molecule has 140 valence electrons. The van der Waals surface area contributed by atoms with Crippen LogP contribution in [0.15, 0.2) is 24.4 Å². The second-order valence-electron chi connectivity index (χ2n) is 9.09. The molecule has 4 rings (SSSR count). The van der Waals surface area contributed by atoms with Gasteiger partial charge in [-0.25, -0.2) is 4.68 Å². The fourth-order valence-electron chi connectivity index (χ4n) is 4.61. The van der Waals surface area contributed by atoms with E-state index in [2.05, 4.69) is 11.2 Å². The van der Waals surface area contributed by atoms with Gasteiger partial charge in [-0.2, -0.15) is 5.10 Å². The van der Waals surface area contributed by atoms with Crippen molar-refractivity contribution in [2.75, 3.05) is 6.61 Å². The first kappa shape index (κ1) is 18.0. The second-order valence-corrected chi connectivity index (χ2v) is 9.09. The highest BCUT2D eigenvalue weighted by Gasteiger charge is 2.62. The number of benzene rings is 1. The van der Waals surface area contributed by atoms with Crippen LogP contribution >= 0.6 is 0 Å². The molecule has 0 bridgehead atoms. The molecule has 6 heteroatoms. The highest BCUT2D eigenvalue weighted by atomic mass is 16.5. The van der Waals surface area contributed by atoms with E-state index >= 15 is 0 Å². The van der Waals surface area contributed by atoms with Gasteiger partial charge in [-0.05, 0) is 41.6 Å². The van der Waals surface area contributed by atoms with Crippen molar-refractivity contribution in [2.45, 2.75) is 70.4 Å². The maximum absolute atomic E-state index is 11.0. The predicted molar refractivity (Wildman–Crippen MR) is 103 cm³/mol. The Labute approximate surface area is 155 Å². The van der Waals surface area contributed by atoms with Crippen molar-refractivity contribution in [1.82, 2.24) is 9.78 Å². The lowest BCUT2D eigenvalue weighted by Crippen LogP contribution is -2.34. The Kier molecular flexibility index (Phi) is 4.21. The number of aliphatic hydroxyl groups excluding tert-OH is 1. The Hall–Kier alpha value is -1.37. The molecule has 3 atom stereocenters. The average molecular weight is 356 g/mol. The standard InChI is InChI=1S/C20H29BN2O3/c1-19(2)18(24)17(21(25)20(19,3)4)13-8-9-14-12-22-23(15(14)11-13)16-7-5-6-10-26-16/h8-9,11-12,16-18,24-25H,5-7,10H2,1-4H3. The summed E-state index contributed by atoms with van der Waals surface area (Å²) < 4.78 is 7.87. The molecule has 26 heavy (non-hydrogen) atoms.